The largest absolute Gasteiger partial charge is 0.309 e. The molecule has 53 heavy (non-hydrogen) atoms. The predicted molar refractivity (Wildman–Crippen MR) is 204 cm³/mol. The van der Waals surface area contributed by atoms with Crippen LogP contribution in [0, 0.1) is 29.1 Å². The fraction of sp³-hybridized carbons (Fsp3) is 0. The number of benzene rings is 9. The van der Waals surface area contributed by atoms with Gasteiger partial charge in [0.05, 0.1) is 11.0 Å². The Hall–Kier alpha value is -6.73. The first-order valence-electron chi connectivity index (χ1n) is 17.1. The van der Waals surface area contributed by atoms with Crippen molar-refractivity contribution < 1.29 is 22.0 Å². The number of anilines is 3. The van der Waals surface area contributed by atoms with E-state index >= 15 is 8.78 Å². The molecule has 0 radical (unpaired) electrons. The van der Waals surface area contributed by atoms with Gasteiger partial charge in [0.2, 0.25) is 5.82 Å². The van der Waals surface area contributed by atoms with E-state index in [9.17, 15) is 13.2 Å². The number of fused-ring (bicyclic) bond motifs is 4. The van der Waals surface area contributed by atoms with Crippen molar-refractivity contribution in [2.24, 2.45) is 0 Å². The van der Waals surface area contributed by atoms with Crippen LogP contribution in [0.2, 0.25) is 0 Å². The van der Waals surface area contributed by atoms with Gasteiger partial charge in [0.15, 0.2) is 23.3 Å². The molecule has 0 amide bonds. The summed E-state index contributed by atoms with van der Waals surface area (Å²) in [6.45, 7) is 0. The van der Waals surface area contributed by atoms with Crippen LogP contribution in [0.15, 0.2) is 152 Å². The number of nitrogens with zero attached hydrogens (tertiary/aromatic N) is 2. The fourth-order valence-corrected chi connectivity index (χ4v) is 8.00. The molecule has 0 fully saturated rings. The van der Waals surface area contributed by atoms with Crippen LogP contribution in [0.3, 0.4) is 0 Å². The Labute approximate surface area is 299 Å². The van der Waals surface area contributed by atoms with Crippen molar-refractivity contribution >= 4 is 71.2 Å². The summed E-state index contributed by atoms with van der Waals surface area (Å²) in [6, 6.07) is 48.8. The molecule has 9 aromatic carbocycles. The smallest absolute Gasteiger partial charge is 0.200 e. The Kier molecular flexibility index (Phi) is 6.82. The number of rotatable bonds is 5. The average molecular weight is 701 g/mol. The summed E-state index contributed by atoms with van der Waals surface area (Å²) < 4.78 is 75.8. The number of halogens is 5. The minimum atomic E-state index is -2.20. The van der Waals surface area contributed by atoms with E-state index in [1.54, 1.807) is 54.6 Å². The molecule has 0 N–H and O–H groups in total. The molecule has 2 nitrogen and oxygen atoms in total. The van der Waals surface area contributed by atoms with Crippen molar-refractivity contribution in [1.29, 1.82) is 0 Å². The maximum absolute atomic E-state index is 15.2. The molecular weight excluding hydrogens is 676 g/mol. The molecule has 10 aromatic rings. The lowest BCUT2D eigenvalue weighted by Gasteiger charge is -2.26. The lowest BCUT2D eigenvalue weighted by Crippen LogP contribution is -2.17. The molecule has 1 aromatic heterocycles. The van der Waals surface area contributed by atoms with Crippen LogP contribution in [0.5, 0.6) is 0 Å². The van der Waals surface area contributed by atoms with Gasteiger partial charge in [0, 0.05) is 27.8 Å². The van der Waals surface area contributed by atoms with Crippen molar-refractivity contribution in [3.05, 3.63) is 181 Å². The summed E-state index contributed by atoms with van der Waals surface area (Å²) >= 11 is 0. The standard InChI is InChI=1S/C46H25F5N2/c47-41-42(48)44(50)46(45(51)43(41)49)52(29-9-3-1-4-10-29)31-20-15-26(16-21-31)32-22-17-27-18-24-35-39-28(19-23-33(32)38(27)39)25-37-40(35)34-13-7-8-14-36(34)53(37)30-11-5-2-6-12-30/h1-25H. The highest BCUT2D eigenvalue weighted by Gasteiger charge is 2.31. The molecule has 0 saturated heterocycles. The Morgan fingerprint density at radius 3 is 1.70 bits per heavy atom. The Morgan fingerprint density at radius 1 is 0.396 bits per heavy atom. The normalized spacial score (nSPS) is 11.9. The second-order valence-electron chi connectivity index (χ2n) is 13.1. The van der Waals surface area contributed by atoms with Crippen LogP contribution in [-0.4, -0.2) is 4.57 Å². The third-order valence-corrected chi connectivity index (χ3v) is 10.3. The monoisotopic (exact) mass is 700 g/mol. The molecule has 0 aliphatic heterocycles. The van der Waals surface area contributed by atoms with E-state index in [0.29, 0.717) is 0 Å². The molecule has 0 aliphatic rings. The summed E-state index contributed by atoms with van der Waals surface area (Å²) in [5, 5.41) is 8.99. The van der Waals surface area contributed by atoms with Gasteiger partial charge >= 0.3 is 0 Å². The van der Waals surface area contributed by atoms with E-state index in [1.165, 1.54) is 5.39 Å². The Bertz CT molecular complexity index is 3020. The summed E-state index contributed by atoms with van der Waals surface area (Å²) in [5.74, 6) is -10.0. The summed E-state index contributed by atoms with van der Waals surface area (Å²) in [4.78, 5) is 1.04. The molecule has 0 bridgehead atoms. The van der Waals surface area contributed by atoms with Crippen LogP contribution in [0.1, 0.15) is 0 Å². The molecule has 7 heteroatoms. The van der Waals surface area contributed by atoms with Crippen molar-refractivity contribution in [3.8, 4) is 16.8 Å². The minimum Gasteiger partial charge on any atom is -0.309 e. The van der Waals surface area contributed by atoms with Crippen LogP contribution in [0.25, 0.3) is 70.9 Å². The second kappa shape index (κ2) is 11.6. The van der Waals surface area contributed by atoms with Gasteiger partial charge < -0.3 is 9.47 Å². The summed E-state index contributed by atoms with van der Waals surface area (Å²) in [7, 11) is 0. The van der Waals surface area contributed by atoms with Crippen LogP contribution >= 0.6 is 0 Å². The molecule has 0 spiro atoms. The van der Waals surface area contributed by atoms with Gasteiger partial charge in [-0.15, -0.1) is 0 Å². The molecule has 1 heterocycles. The van der Waals surface area contributed by atoms with Crippen LogP contribution in [0.4, 0.5) is 39.0 Å². The zero-order valence-electron chi connectivity index (χ0n) is 27.7. The first-order valence-corrected chi connectivity index (χ1v) is 17.1. The highest BCUT2D eigenvalue weighted by Crippen LogP contribution is 2.46. The quantitative estimate of drug-likeness (QED) is 0.0751. The molecule has 0 saturated carbocycles. The predicted octanol–water partition coefficient (Wildman–Crippen LogP) is 13.5. The van der Waals surface area contributed by atoms with Crippen molar-refractivity contribution in [1.82, 2.24) is 4.57 Å². The molecule has 0 atom stereocenters. The SMILES string of the molecule is Fc1c(F)c(F)c(N(c2ccccc2)c2ccc(-c3ccc4ccc5c6c(ccc3c46)cc3c5c4ccccc4n3-c3ccccc3)cc2)c(F)c1F. The third-order valence-electron chi connectivity index (χ3n) is 10.3. The van der Waals surface area contributed by atoms with Gasteiger partial charge in [-0.05, 0) is 92.0 Å². The van der Waals surface area contributed by atoms with Crippen molar-refractivity contribution in [2.75, 3.05) is 4.90 Å². The van der Waals surface area contributed by atoms with Crippen molar-refractivity contribution in [3.63, 3.8) is 0 Å². The zero-order chi connectivity index (χ0) is 36.0. The minimum absolute atomic E-state index is 0.220. The first-order chi connectivity index (χ1) is 25.9. The lowest BCUT2D eigenvalue weighted by molar-refractivity contribution is 0.380. The second-order valence-corrected chi connectivity index (χ2v) is 13.1. The lowest BCUT2D eigenvalue weighted by atomic mass is 9.88. The van der Waals surface area contributed by atoms with Crippen LogP contribution in [-0.2, 0) is 0 Å². The van der Waals surface area contributed by atoms with E-state index in [4.69, 9.17) is 0 Å². The van der Waals surface area contributed by atoms with E-state index in [-0.39, 0.29) is 11.4 Å². The molecular formula is C46H25F5N2. The Balaban J connectivity index is 1.17. The molecule has 10 rings (SSSR count). The van der Waals surface area contributed by atoms with E-state index in [2.05, 4.69) is 77.4 Å². The number of para-hydroxylation sites is 3. The van der Waals surface area contributed by atoms with Gasteiger partial charge in [0.25, 0.3) is 0 Å². The number of hydrogen-bond donors (Lipinski definition) is 0. The van der Waals surface area contributed by atoms with E-state index < -0.39 is 34.8 Å². The van der Waals surface area contributed by atoms with Gasteiger partial charge in [-0.25, -0.2) is 22.0 Å². The third kappa shape index (κ3) is 4.50. The van der Waals surface area contributed by atoms with Gasteiger partial charge in [-0.1, -0.05) is 103 Å². The van der Waals surface area contributed by atoms with E-state index in [1.807, 2.05) is 24.3 Å². The topological polar surface area (TPSA) is 8.17 Å². The molecule has 0 unspecified atom stereocenters. The number of aromatic nitrogens is 1. The molecule has 0 aliphatic carbocycles. The summed E-state index contributed by atoms with van der Waals surface area (Å²) in [6.07, 6.45) is 0. The maximum atomic E-state index is 15.2. The van der Waals surface area contributed by atoms with Gasteiger partial charge in [0.1, 0.15) is 5.69 Å². The van der Waals surface area contributed by atoms with Crippen LogP contribution < -0.4 is 4.90 Å². The van der Waals surface area contributed by atoms with E-state index in [0.717, 1.165) is 70.5 Å². The maximum Gasteiger partial charge on any atom is 0.200 e. The van der Waals surface area contributed by atoms with Gasteiger partial charge in [-0.3, -0.25) is 0 Å². The summed E-state index contributed by atoms with van der Waals surface area (Å²) in [5.41, 5.74) is 4.49. The zero-order valence-corrected chi connectivity index (χ0v) is 27.7. The Morgan fingerprint density at radius 2 is 0.962 bits per heavy atom. The number of hydrogen-bond acceptors (Lipinski definition) is 1. The highest BCUT2D eigenvalue weighted by atomic mass is 19.2. The highest BCUT2D eigenvalue weighted by molar-refractivity contribution is 6.34. The van der Waals surface area contributed by atoms with Gasteiger partial charge in [-0.2, -0.15) is 0 Å². The fourth-order valence-electron chi connectivity index (χ4n) is 8.00. The molecule has 254 valence electrons. The average Bonchev–Trinajstić information content (AvgIpc) is 3.54. The first kappa shape index (κ1) is 31.0. The van der Waals surface area contributed by atoms with Crippen molar-refractivity contribution in [2.45, 2.75) is 0 Å².